The van der Waals surface area contributed by atoms with Crippen molar-refractivity contribution in [1.82, 2.24) is 4.98 Å². The van der Waals surface area contributed by atoms with Crippen LogP contribution in [-0.4, -0.2) is 35.9 Å². The van der Waals surface area contributed by atoms with Gasteiger partial charge in [0.05, 0.1) is 4.47 Å². The number of carbonyl (C=O) groups excluding carboxylic acids is 2. The summed E-state index contributed by atoms with van der Waals surface area (Å²) in [4.78, 5) is 29.6. The second-order valence-electron chi connectivity index (χ2n) is 6.60. The fourth-order valence-corrected chi connectivity index (χ4v) is 2.74. The Balaban J connectivity index is 2.28. The van der Waals surface area contributed by atoms with Crippen LogP contribution < -0.4 is 4.90 Å². The van der Waals surface area contributed by atoms with Gasteiger partial charge >= 0.3 is 5.97 Å². The van der Waals surface area contributed by atoms with E-state index in [2.05, 4.69) is 27.5 Å². The molecular weight excluding hydrogens is 372 g/mol. The molecule has 6 heteroatoms. The molecule has 0 amide bonds. The summed E-state index contributed by atoms with van der Waals surface area (Å²) in [5, 5.41) is 0. The van der Waals surface area contributed by atoms with Crippen LogP contribution in [0.5, 0.6) is 0 Å². The molecule has 1 aliphatic rings. The van der Waals surface area contributed by atoms with E-state index in [1.165, 1.54) is 6.08 Å². The average Bonchev–Trinajstić information content (AvgIpc) is 2.48. The predicted octanol–water partition coefficient (Wildman–Crippen LogP) is 3.69. The van der Waals surface area contributed by atoms with Crippen molar-refractivity contribution in [2.45, 2.75) is 32.8 Å². The lowest BCUT2D eigenvalue weighted by Gasteiger charge is -2.31. The number of hydrogen-bond donors (Lipinski definition) is 0. The van der Waals surface area contributed by atoms with Crippen molar-refractivity contribution in [3.05, 3.63) is 46.1 Å². The third-order valence-electron chi connectivity index (χ3n) is 3.52. The number of rotatable bonds is 3. The van der Waals surface area contributed by atoms with Crippen LogP contribution in [0.3, 0.4) is 0 Å². The zero-order chi connectivity index (χ0) is 17.9. The molecule has 5 nitrogen and oxygen atoms in total. The molecule has 0 bridgehead atoms. The van der Waals surface area contributed by atoms with Crippen molar-refractivity contribution in [2.24, 2.45) is 0 Å². The minimum Gasteiger partial charge on any atom is -0.455 e. The molecule has 0 atom stereocenters. The first-order valence-corrected chi connectivity index (χ1v) is 8.48. The van der Waals surface area contributed by atoms with E-state index in [1.807, 2.05) is 31.7 Å². The lowest BCUT2D eigenvalue weighted by atomic mass is 9.99. The lowest BCUT2D eigenvalue weighted by molar-refractivity contribution is -0.104. The van der Waals surface area contributed by atoms with Crippen LogP contribution in [-0.2, 0) is 9.53 Å². The highest BCUT2D eigenvalue weighted by Gasteiger charge is 2.24. The van der Waals surface area contributed by atoms with Crippen molar-refractivity contribution in [1.29, 1.82) is 0 Å². The Morgan fingerprint density at radius 3 is 2.75 bits per heavy atom. The maximum absolute atomic E-state index is 12.3. The molecule has 2 heterocycles. The van der Waals surface area contributed by atoms with Crippen molar-refractivity contribution in [3.63, 3.8) is 0 Å². The zero-order valence-corrected chi connectivity index (χ0v) is 15.7. The summed E-state index contributed by atoms with van der Waals surface area (Å²) < 4.78 is 5.99. The fourth-order valence-electron chi connectivity index (χ4n) is 2.35. The zero-order valence-electron chi connectivity index (χ0n) is 14.1. The lowest BCUT2D eigenvalue weighted by Crippen LogP contribution is -2.33. The standard InChI is InChI=1S/C18H21BrN2O3/c1-12-7-9-21(11-13(12)8-10-22)15-6-5-14(19)16(20-15)17(23)24-18(2,3)4/h5-6,8,10H,1,7,9,11H2,2-4H3/b13-8+. The SMILES string of the molecule is C=C1CCN(c2ccc(Br)c(C(=O)OC(C)(C)C)n2)C/C1=C\C=O. The second-order valence-corrected chi connectivity index (χ2v) is 7.46. The van der Waals surface area contributed by atoms with E-state index in [-0.39, 0.29) is 5.69 Å². The Labute approximate surface area is 150 Å². The summed E-state index contributed by atoms with van der Waals surface area (Å²) in [5.41, 5.74) is 1.51. The summed E-state index contributed by atoms with van der Waals surface area (Å²) in [6.45, 7) is 10.7. The van der Waals surface area contributed by atoms with Crippen molar-refractivity contribution >= 4 is 34.0 Å². The number of aromatic nitrogens is 1. The van der Waals surface area contributed by atoms with Gasteiger partial charge in [-0.05, 0) is 72.5 Å². The third kappa shape index (κ3) is 4.54. The number of esters is 1. The predicted molar refractivity (Wildman–Crippen MR) is 97.2 cm³/mol. The van der Waals surface area contributed by atoms with Gasteiger partial charge in [0.25, 0.3) is 0 Å². The molecule has 1 aromatic heterocycles. The van der Waals surface area contributed by atoms with E-state index in [9.17, 15) is 9.59 Å². The van der Waals surface area contributed by atoms with Crippen molar-refractivity contribution in [3.8, 4) is 0 Å². The first-order valence-electron chi connectivity index (χ1n) is 7.68. The van der Waals surface area contributed by atoms with Gasteiger partial charge in [0.1, 0.15) is 17.7 Å². The summed E-state index contributed by atoms with van der Waals surface area (Å²) >= 11 is 3.36. The summed E-state index contributed by atoms with van der Waals surface area (Å²) in [6, 6.07) is 3.62. The highest BCUT2D eigenvalue weighted by atomic mass is 79.9. The quantitative estimate of drug-likeness (QED) is 0.445. The van der Waals surface area contributed by atoms with E-state index in [1.54, 1.807) is 6.07 Å². The van der Waals surface area contributed by atoms with Gasteiger partial charge in [-0.25, -0.2) is 9.78 Å². The number of pyridine rings is 1. The van der Waals surface area contributed by atoms with Crippen molar-refractivity contribution in [2.75, 3.05) is 18.0 Å². The number of nitrogens with zero attached hydrogens (tertiary/aromatic N) is 2. The number of halogens is 1. The minimum atomic E-state index is -0.586. The molecule has 1 fully saturated rings. The van der Waals surface area contributed by atoms with Gasteiger partial charge < -0.3 is 9.64 Å². The molecule has 0 aliphatic carbocycles. The fraction of sp³-hybridized carbons (Fsp3) is 0.389. The molecule has 128 valence electrons. The highest BCUT2D eigenvalue weighted by Crippen LogP contribution is 2.27. The summed E-state index contributed by atoms with van der Waals surface area (Å²) in [5.74, 6) is 0.199. The monoisotopic (exact) mass is 392 g/mol. The Morgan fingerprint density at radius 2 is 2.12 bits per heavy atom. The third-order valence-corrected chi connectivity index (χ3v) is 4.16. The van der Waals surface area contributed by atoms with Crippen LogP contribution in [0.2, 0.25) is 0 Å². The first kappa shape index (κ1) is 18.4. The Bertz CT molecular complexity index is 705. The maximum atomic E-state index is 12.3. The van der Waals surface area contributed by atoms with Gasteiger partial charge in [0.2, 0.25) is 0 Å². The molecule has 0 aromatic carbocycles. The topological polar surface area (TPSA) is 59.5 Å². The Kier molecular flexibility index (Phi) is 5.59. The van der Waals surface area contributed by atoms with Crippen LogP contribution in [0.25, 0.3) is 0 Å². The number of hydrogen-bond acceptors (Lipinski definition) is 5. The number of aldehydes is 1. The average molecular weight is 393 g/mol. The number of allylic oxidation sites excluding steroid dienone is 1. The molecule has 1 saturated heterocycles. The van der Waals surface area contributed by atoms with Gasteiger partial charge in [0, 0.05) is 13.1 Å². The van der Waals surface area contributed by atoms with E-state index >= 15 is 0 Å². The van der Waals surface area contributed by atoms with Crippen LogP contribution in [0, 0.1) is 0 Å². The molecule has 0 saturated carbocycles. The van der Waals surface area contributed by atoms with E-state index in [0.717, 1.165) is 30.4 Å². The first-order chi connectivity index (χ1) is 11.2. The van der Waals surface area contributed by atoms with Crippen LogP contribution >= 0.6 is 15.9 Å². The van der Waals surface area contributed by atoms with Gasteiger partial charge in [0.15, 0.2) is 5.69 Å². The van der Waals surface area contributed by atoms with Crippen LogP contribution in [0.15, 0.2) is 40.4 Å². The number of anilines is 1. The second kappa shape index (κ2) is 7.30. The van der Waals surface area contributed by atoms with E-state index < -0.39 is 11.6 Å². The van der Waals surface area contributed by atoms with Crippen LogP contribution in [0.4, 0.5) is 5.82 Å². The number of ether oxygens (including phenoxy) is 1. The largest absolute Gasteiger partial charge is 0.455 e. The van der Waals surface area contributed by atoms with E-state index in [0.29, 0.717) is 16.8 Å². The smallest absolute Gasteiger partial charge is 0.358 e. The van der Waals surface area contributed by atoms with Crippen LogP contribution in [0.1, 0.15) is 37.7 Å². The molecule has 0 unspecified atom stereocenters. The van der Waals surface area contributed by atoms with Gasteiger partial charge in [-0.2, -0.15) is 0 Å². The molecule has 1 aliphatic heterocycles. The molecule has 0 radical (unpaired) electrons. The Hall–Kier alpha value is -1.95. The minimum absolute atomic E-state index is 0.243. The van der Waals surface area contributed by atoms with Gasteiger partial charge in [-0.1, -0.05) is 6.58 Å². The maximum Gasteiger partial charge on any atom is 0.358 e. The van der Waals surface area contributed by atoms with Crippen molar-refractivity contribution < 1.29 is 14.3 Å². The highest BCUT2D eigenvalue weighted by molar-refractivity contribution is 9.10. The molecule has 0 N–H and O–H groups in total. The summed E-state index contributed by atoms with van der Waals surface area (Å²) in [7, 11) is 0. The molecule has 1 aromatic rings. The Morgan fingerprint density at radius 1 is 1.42 bits per heavy atom. The van der Waals surface area contributed by atoms with Gasteiger partial charge in [-0.3, -0.25) is 4.79 Å². The number of carbonyl (C=O) groups is 2. The molecular formula is C18H21BrN2O3. The molecule has 2 rings (SSSR count). The normalized spacial score (nSPS) is 17.1. The summed E-state index contributed by atoms with van der Waals surface area (Å²) in [6.07, 6.45) is 3.05. The van der Waals surface area contributed by atoms with E-state index in [4.69, 9.17) is 4.74 Å². The number of piperidine rings is 1. The van der Waals surface area contributed by atoms with Gasteiger partial charge in [-0.15, -0.1) is 0 Å². The molecule has 24 heavy (non-hydrogen) atoms. The molecule has 0 spiro atoms.